The summed E-state index contributed by atoms with van der Waals surface area (Å²) in [6, 6.07) is 6.22. The van der Waals surface area contributed by atoms with E-state index in [1.807, 2.05) is 16.7 Å². The van der Waals surface area contributed by atoms with Crippen molar-refractivity contribution in [3.63, 3.8) is 0 Å². The predicted octanol–water partition coefficient (Wildman–Crippen LogP) is 2.76. The minimum atomic E-state index is -0.314. The Morgan fingerprint density at radius 2 is 2.08 bits per heavy atom. The van der Waals surface area contributed by atoms with E-state index in [4.69, 9.17) is 0 Å². The van der Waals surface area contributed by atoms with Crippen molar-refractivity contribution < 1.29 is 14.0 Å². The second kappa shape index (κ2) is 6.91. The fourth-order valence-corrected chi connectivity index (χ4v) is 4.30. The van der Waals surface area contributed by atoms with Crippen LogP contribution in [0.4, 0.5) is 4.39 Å². The Kier molecular flexibility index (Phi) is 4.88. The number of nitrogens with zero attached hydrogens (tertiary/aromatic N) is 2. The van der Waals surface area contributed by atoms with Crippen LogP contribution in [0.15, 0.2) is 24.3 Å². The third-order valence-corrected chi connectivity index (χ3v) is 5.38. The molecule has 1 unspecified atom stereocenters. The van der Waals surface area contributed by atoms with Gasteiger partial charge >= 0.3 is 0 Å². The maximum absolute atomic E-state index is 13.3. The molecule has 3 rings (SSSR count). The van der Waals surface area contributed by atoms with E-state index in [9.17, 15) is 14.0 Å². The van der Waals surface area contributed by atoms with Gasteiger partial charge in [0, 0.05) is 26.1 Å². The molecule has 1 atom stereocenters. The largest absolute Gasteiger partial charge is 0.340 e. The first-order valence-corrected chi connectivity index (χ1v) is 8.87. The van der Waals surface area contributed by atoms with Gasteiger partial charge in [0.05, 0.1) is 12.0 Å². The number of likely N-dealkylation sites (N-methyl/N-ethyl adjacent to an activating group) is 1. The smallest absolute Gasteiger partial charge is 0.227 e. The predicted molar refractivity (Wildman–Crippen MR) is 89.9 cm³/mol. The summed E-state index contributed by atoms with van der Waals surface area (Å²) in [5.41, 5.74) is 0.506. The van der Waals surface area contributed by atoms with Crippen LogP contribution in [-0.2, 0) is 16.0 Å². The number of hydrogen-bond acceptors (Lipinski definition) is 2. The average Bonchev–Trinajstić information content (AvgIpc) is 2.55. The summed E-state index contributed by atoms with van der Waals surface area (Å²) in [6.45, 7) is 4.05. The number of halogens is 1. The van der Waals surface area contributed by atoms with Gasteiger partial charge in [0.2, 0.25) is 11.8 Å². The molecular formula is C19H25FN2O2. The number of benzene rings is 1. The highest BCUT2D eigenvalue weighted by molar-refractivity contribution is 5.80. The summed E-state index contributed by atoms with van der Waals surface area (Å²) in [5.74, 6) is -0.0811. The van der Waals surface area contributed by atoms with Gasteiger partial charge < -0.3 is 9.80 Å². The molecule has 0 aromatic heterocycles. The van der Waals surface area contributed by atoms with Gasteiger partial charge in [0.25, 0.3) is 0 Å². The molecule has 0 radical (unpaired) electrons. The van der Waals surface area contributed by atoms with Crippen LogP contribution in [-0.4, -0.2) is 46.8 Å². The van der Waals surface area contributed by atoms with Gasteiger partial charge in [-0.2, -0.15) is 0 Å². The minimum Gasteiger partial charge on any atom is -0.340 e. The number of carbonyl (C=O) groups excluding carboxylic acids is 2. The lowest BCUT2D eigenvalue weighted by molar-refractivity contribution is -0.150. The second-order valence-electron chi connectivity index (χ2n) is 6.94. The third kappa shape index (κ3) is 3.30. The average molecular weight is 332 g/mol. The van der Waals surface area contributed by atoms with E-state index >= 15 is 0 Å². The van der Waals surface area contributed by atoms with Crippen molar-refractivity contribution in [2.45, 2.75) is 51.0 Å². The quantitative estimate of drug-likeness (QED) is 0.854. The van der Waals surface area contributed by atoms with E-state index in [1.165, 1.54) is 12.1 Å². The molecule has 130 valence electrons. The Balaban J connectivity index is 1.72. The Bertz CT molecular complexity index is 630. The van der Waals surface area contributed by atoms with Crippen LogP contribution in [0.5, 0.6) is 0 Å². The van der Waals surface area contributed by atoms with E-state index in [0.29, 0.717) is 25.1 Å². The molecule has 5 heteroatoms. The maximum atomic E-state index is 13.3. The number of carbonyl (C=O) groups is 2. The lowest BCUT2D eigenvalue weighted by Crippen LogP contribution is -2.63. The number of amides is 2. The molecule has 2 aliphatic rings. The number of likely N-dealkylation sites (tertiary alicyclic amines) is 2. The van der Waals surface area contributed by atoms with Crippen molar-refractivity contribution in [3.05, 3.63) is 35.6 Å². The monoisotopic (exact) mass is 332 g/mol. The summed E-state index contributed by atoms with van der Waals surface area (Å²) in [5, 5.41) is 0. The van der Waals surface area contributed by atoms with Crippen molar-refractivity contribution in [1.82, 2.24) is 9.80 Å². The molecule has 2 saturated heterocycles. The Labute approximate surface area is 142 Å². The van der Waals surface area contributed by atoms with Crippen molar-refractivity contribution in [3.8, 4) is 0 Å². The fourth-order valence-electron chi connectivity index (χ4n) is 4.30. The van der Waals surface area contributed by atoms with E-state index in [0.717, 1.165) is 32.2 Å². The normalized spacial score (nSPS) is 24.5. The summed E-state index contributed by atoms with van der Waals surface area (Å²) in [4.78, 5) is 28.8. The third-order valence-electron chi connectivity index (χ3n) is 5.38. The van der Waals surface area contributed by atoms with Crippen LogP contribution in [0, 0.1) is 5.82 Å². The van der Waals surface area contributed by atoms with Crippen LogP contribution in [0.1, 0.15) is 44.6 Å². The highest BCUT2D eigenvalue weighted by Crippen LogP contribution is 2.36. The molecule has 4 nitrogen and oxygen atoms in total. The van der Waals surface area contributed by atoms with Gasteiger partial charge in [-0.15, -0.1) is 0 Å². The maximum Gasteiger partial charge on any atom is 0.227 e. The number of hydrogen-bond donors (Lipinski definition) is 0. The van der Waals surface area contributed by atoms with Crippen LogP contribution < -0.4 is 0 Å². The molecule has 0 saturated carbocycles. The molecule has 0 N–H and O–H groups in total. The molecule has 0 bridgehead atoms. The Hall–Kier alpha value is -1.91. The summed E-state index contributed by atoms with van der Waals surface area (Å²) in [7, 11) is 0. The topological polar surface area (TPSA) is 40.6 Å². The first-order chi connectivity index (χ1) is 11.5. The molecular weight excluding hydrogens is 307 g/mol. The van der Waals surface area contributed by atoms with Gasteiger partial charge in [-0.25, -0.2) is 4.39 Å². The van der Waals surface area contributed by atoms with Gasteiger partial charge in [-0.05, 0) is 50.3 Å². The van der Waals surface area contributed by atoms with E-state index in [1.54, 1.807) is 12.1 Å². The molecule has 1 aromatic rings. The van der Waals surface area contributed by atoms with Crippen LogP contribution in [0.2, 0.25) is 0 Å². The van der Waals surface area contributed by atoms with Crippen molar-refractivity contribution in [1.29, 1.82) is 0 Å². The summed E-state index contributed by atoms with van der Waals surface area (Å²) in [6.07, 6.45) is 4.59. The molecule has 2 aliphatic heterocycles. The standard InChI is InChI=1S/C19H25FN2O2/c1-2-22-17(23)8-4-9-19(22)10-5-11-21(14-19)18(24)13-15-6-3-7-16(20)12-15/h3,6-7,12H,2,4-5,8-11,13-14H2,1H3. The van der Waals surface area contributed by atoms with Gasteiger partial charge in [-0.3, -0.25) is 9.59 Å². The van der Waals surface area contributed by atoms with Gasteiger partial charge in [0.15, 0.2) is 0 Å². The molecule has 1 aromatic carbocycles. The zero-order valence-corrected chi connectivity index (χ0v) is 14.3. The molecule has 2 fully saturated rings. The molecule has 1 spiro atoms. The Morgan fingerprint density at radius 1 is 1.29 bits per heavy atom. The highest BCUT2D eigenvalue weighted by atomic mass is 19.1. The fraction of sp³-hybridized carbons (Fsp3) is 0.579. The molecule has 2 heterocycles. The van der Waals surface area contributed by atoms with E-state index in [2.05, 4.69) is 0 Å². The first-order valence-electron chi connectivity index (χ1n) is 8.87. The summed E-state index contributed by atoms with van der Waals surface area (Å²) >= 11 is 0. The van der Waals surface area contributed by atoms with Gasteiger partial charge in [0.1, 0.15) is 5.82 Å². The molecule has 0 aliphatic carbocycles. The number of rotatable bonds is 3. The van der Waals surface area contributed by atoms with Crippen LogP contribution >= 0.6 is 0 Å². The number of piperidine rings is 2. The first kappa shape index (κ1) is 16.9. The van der Waals surface area contributed by atoms with Crippen molar-refractivity contribution >= 4 is 11.8 Å². The van der Waals surface area contributed by atoms with Crippen LogP contribution in [0.3, 0.4) is 0 Å². The van der Waals surface area contributed by atoms with E-state index in [-0.39, 0.29) is 29.6 Å². The zero-order valence-electron chi connectivity index (χ0n) is 14.3. The minimum absolute atomic E-state index is 0.0220. The summed E-state index contributed by atoms with van der Waals surface area (Å²) < 4.78 is 13.3. The second-order valence-corrected chi connectivity index (χ2v) is 6.94. The van der Waals surface area contributed by atoms with Crippen molar-refractivity contribution in [2.24, 2.45) is 0 Å². The SMILES string of the molecule is CCN1C(=O)CCCC12CCCN(C(=O)Cc1cccc(F)c1)C2. The highest BCUT2D eigenvalue weighted by Gasteiger charge is 2.45. The van der Waals surface area contributed by atoms with Crippen molar-refractivity contribution in [2.75, 3.05) is 19.6 Å². The zero-order chi connectivity index (χ0) is 17.2. The molecule has 24 heavy (non-hydrogen) atoms. The van der Waals surface area contributed by atoms with E-state index < -0.39 is 0 Å². The Morgan fingerprint density at radius 3 is 2.83 bits per heavy atom. The van der Waals surface area contributed by atoms with Gasteiger partial charge in [-0.1, -0.05) is 12.1 Å². The van der Waals surface area contributed by atoms with Crippen LogP contribution in [0.25, 0.3) is 0 Å². The lowest BCUT2D eigenvalue weighted by atomic mass is 9.79. The molecule has 2 amide bonds. The lowest BCUT2D eigenvalue weighted by Gasteiger charge is -2.52.